The quantitative estimate of drug-likeness (QED) is 0.782. The van der Waals surface area contributed by atoms with Gasteiger partial charge in [0.15, 0.2) is 0 Å². The number of nitrogens with zero attached hydrogens (tertiary/aromatic N) is 1. The van der Waals surface area contributed by atoms with Gasteiger partial charge in [-0.1, -0.05) is 39.1 Å². The van der Waals surface area contributed by atoms with Crippen molar-refractivity contribution in [2.24, 2.45) is 0 Å². The molecule has 2 aromatic rings. The highest BCUT2D eigenvalue weighted by atomic mass is 79.9. The molecule has 0 aliphatic carbocycles. The van der Waals surface area contributed by atoms with E-state index in [0.717, 1.165) is 4.47 Å². The molecule has 1 aromatic heterocycles. The summed E-state index contributed by atoms with van der Waals surface area (Å²) in [6.07, 6.45) is 1.18. The molecule has 0 saturated heterocycles. The Bertz CT molecular complexity index is 567. The van der Waals surface area contributed by atoms with Crippen molar-refractivity contribution < 1.29 is 4.39 Å². The summed E-state index contributed by atoms with van der Waals surface area (Å²) < 4.78 is 13.6. The molecule has 0 fully saturated rings. The number of aromatic nitrogens is 1. The average Bonchev–Trinajstić information content (AvgIpc) is 2.34. The first-order chi connectivity index (χ1) is 8.97. The van der Waals surface area contributed by atoms with Gasteiger partial charge in [0.25, 0.3) is 0 Å². The molecule has 2 rings (SSSR count). The van der Waals surface area contributed by atoms with Gasteiger partial charge < -0.3 is 5.32 Å². The third-order valence-electron chi connectivity index (χ3n) is 2.56. The molecule has 0 spiro atoms. The fraction of sp³-hybridized carbons (Fsp3) is 0.154. The van der Waals surface area contributed by atoms with Crippen LogP contribution in [0.15, 0.2) is 34.9 Å². The molecule has 1 unspecified atom stereocenters. The topological polar surface area (TPSA) is 24.9 Å². The Hall–Kier alpha value is -0.840. The summed E-state index contributed by atoms with van der Waals surface area (Å²) in [6.45, 7) is 1.90. The molecule has 1 aromatic carbocycles. The minimum Gasteiger partial charge on any atom is -0.375 e. The fourth-order valence-corrected chi connectivity index (χ4v) is 2.93. The number of halogens is 4. The van der Waals surface area contributed by atoms with E-state index in [4.69, 9.17) is 23.2 Å². The Labute approximate surface area is 129 Å². The van der Waals surface area contributed by atoms with Crippen LogP contribution >= 0.6 is 39.1 Å². The Morgan fingerprint density at radius 2 is 1.89 bits per heavy atom. The van der Waals surface area contributed by atoms with E-state index in [2.05, 4.69) is 26.2 Å². The zero-order chi connectivity index (χ0) is 14.0. The van der Waals surface area contributed by atoms with Crippen molar-refractivity contribution >= 4 is 44.8 Å². The molecule has 0 bridgehead atoms. The van der Waals surface area contributed by atoms with Gasteiger partial charge >= 0.3 is 0 Å². The highest BCUT2D eigenvalue weighted by Gasteiger charge is 2.12. The highest BCUT2D eigenvalue weighted by Crippen LogP contribution is 2.35. The van der Waals surface area contributed by atoms with Crippen molar-refractivity contribution in [3.05, 3.63) is 56.5 Å². The van der Waals surface area contributed by atoms with Gasteiger partial charge in [0.1, 0.15) is 5.82 Å². The monoisotopic (exact) mass is 362 g/mol. The maximum absolute atomic E-state index is 12.8. The summed E-state index contributed by atoms with van der Waals surface area (Å²) in [4.78, 5) is 4.02. The van der Waals surface area contributed by atoms with E-state index in [-0.39, 0.29) is 11.9 Å². The second-order valence-electron chi connectivity index (χ2n) is 4.01. The predicted octanol–water partition coefficient (Wildman–Crippen LogP) is 5.46. The van der Waals surface area contributed by atoms with Crippen molar-refractivity contribution in [1.29, 1.82) is 0 Å². The van der Waals surface area contributed by atoms with Crippen molar-refractivity contribution in [2.75, 3.05) is 5.32 Å². The van der Waals surface area contributed by atoms with Crippen LogP contribution in [0.5, 0.6) is 0 Å². The van der Waals surface area contributed by atoms with Gasteiger partial charge in [-0.05, 0) is 31.2 Å². The van der Waals surface area contributed by atoms with Crippen molar-refractivity contribution in [1.82, 2.24) is 4.98 Å². The van der Waals surface area contributed by atoms with E-state index in [1.54, 1.807) is 18.2 Å². The first-order valence-electron chi connectivity index (χ1n) is 5.50. The Balaban J connectivity index is 2.24. The number of hydrogen-bond acceptors (Lipinski definition) is 2. The van der Waals surface area contributed by atoms with E-state index in [1.807, 2.05) is 6.92 Å². The summed E-state index contributed by atoms with van der Waals surface area (Å²) in [5.41, 5.74) is 1.33. The zero-order valence-electron chi connectivity index (χ0n) is 9.92. The molecule has 1 atom stereocenters. The maximum atomic E-state index is 12.8. The number of hydrogen-bond donors (Lipinski definition) is 1. The normalized spacial score (nSPS) is 12.3. The average molecular weight is 364 g/mol. The van der Waals surface area contributed by atoms with E-state index in [0.29, 0.717) is 21.4 Å². The number of nitrogens with one attached hydrogen (secondary N) is 1. The molecule has 1 heterocycles. The standard InChI is InChI=1S/C13H10BrCl2FN2/c1-7(12-3-2-9(17)6-18-12)19-13-10(15)4-8(14)5-11(13)16/h2-7,19H,1H3. The molecule has 19 heavy (non-hydrogen) atoms. The summed E-state index contributed by atoms with van der Waals surface area (Å²) >= 11 is 15.6. The van der Waals surface area contributed by atoms with Crippen molar-refractivity contribution in [3.8, 4) is 0 Å². The van der Waals surface area contributed by atoms with Gasteiger partial charge in [-0.3, -0.25) is 4.98 Å². The largest absolute Gasteiger partial charge is 0.375 e. The van der Waals surface area contributed by atoms with E-state index in [9.17, 15) is 4.39 Å². The number of rotatable bonds is 3. The summed E-state index contributed by atoms with van der Waals surface area (Å²) in [5, 5.41) is 4.19. The van der Waals surface area contributed by atoms with E-state index in [1.165, 1.54) is 12.3 Å². The van der Waals surface area contributed by atoms with Gasteiger partial charge in [0, 0.05) is 4.47 Å². The van der Waals surface area contributed by atoms with Crippen LogP contribution in [-0.2, 0) is 0 Å². The minimum absolute atomic E-state index is 0.142. The molecule has 0 amide bonds. The second-order valence-corrected chi connectivity index (χ2v) is 5.74. The molecule has 0 saturated carbocycles. The van der Waals surface area contributed by atoms with Crippen LogP contribution in [0.25, 0.3) is 0 Å². The number of pyridine rings is 1. The van der Waals surface area contributed by atoms with Gasteiger partial charge in [-0.25, -0.2) is 4.39 Å². The molecule has 0 radical (unpaired) electrons. The fourth-order valence-electron chi connectivity index (χ4n) is 1.61. The minimum atomic E-state index is -0.365. The Morgan fingerprint density at radius 1 is 1.26 bits per heavy atom. The van der Waals surface area contributed by atoms with E-state index < -0.39 is 0 Å². The molecule has 100 valence electrons. The van der Waals surface area contributed by atoms with Crippen LogP contribution in [-0.4, -0.2) is 4.98 Å². The lowest BCUT2D eigenvalue weighted by atomic mass is 10.2. The molecule has 0 aliphatic heterocycles. The maximum Gasteiger partial charge on any atom is 0.141 e. The summed E-state index contributed by atoms with van der Waals surface area (Å²) in [6, 6.07) is 6.34. The smallest absolute Gasteiger partial charge is 0.141 e. The lowest BCUT2D eigenvalue weighted by molar-refractivity contribution is 0.617. The predicted molar refractivity (Wildman–Crippen MR) is 80.4 cm³/mol. The van der Waals surface area contributed by atoms with Crippen LogP contribution in [0.1, 0.15) is 18.7 Å². The van der Waals surface area contributed by atoms with E-state index >= 15 is 0 Å². The molecule has 0 aliphatic rings. The first kappa shape index (κ1) is 14.6. The number of benzene rings is 1. The van der Waals surface area contributed by atoms with Crippen LogP contribution in [0.4, 0.5) is 10.1 Å². The summed E-state index contributed by atoms with van der Waals surface area (Å²) in [7, 11) is 0. The van der Waals surface area contributed by atoms with Gasteiger partial charge in [-0.2, -0.15) is 0 Å². The lowest BCUT2D eigenvalue weighted by Gasteiger charge is -2.17. The molecular weight excluding hydrogens is 354 g/mol. The molecule has 1 N–H and O–H groups in total. The van der Waals surface area contributed by atoms with Crippen molar-refractivity contribution in [2.45, 2.75) is 13.0 Å². The third-order valence-corrected chi connectivity index (χ3v) is 3.62. The highest BCUT2D eigenvalue weighted by molar-refractivity contribution is 9.10. The molecule has 2 nitrogen and oxygen atoms in total. The van der Waals surface area contributed by atoms with Crippen LogP contribution in [0.2, 0.25) is 10.0 Å². The van der Waals surface area contributed by atoms with Crippen LogP contribution < -0.4 is 5.32 Å². The number of anilines is 1. The Morgan fingerprint density at radius 3 is 2.42 bits per heavy atom. The molecule has 6 heteroatoms. The summed E-state index contributed by atoms with van der Waals surface area (Å²) in [5.74, 6) is -0.365. The van der Waals surface area contributed by atoms with Gasteiger partial charge in [-0.15, -0.1) is 0 Å². The molecular formula is C13H10BrCl2FN2. The van der Waals surface area contributed by atoms with Gasteiger partial charge in [0.05, 0.1) is 33.7 Å². The SMILES string of the molecule is CC(Nc1c(Cl)cc(Br)cc1Cl)c1ccc(F)cn1. The zero-order valence-corrected chi connectivity index (χ0v) is 13.0. The Kier molecular flexibility index (Phi) is 4.66. The first-order valence-corrected chi connectivity index (χ1v) is 7.05. The third kappa shape index (κ3) is 3.59. The lowest BCUT2D eigenvalue weighted by Crippen LogP contribution is -2.09. The van der Waals surface area contributed by atoms with Crippen LogP contribution in [0, 0.1) is 5.82 Å². The second kappa shape index (κ2) is 6.07. The van der Waals surface area contributed by atoms with Gasteiger partial charge in [0.2, 0.25) is 0 Å². The van der Waals surface area contributed by atoms with Crippen molar-refractivity contribution in [3.63, 3.8) is 0 Å². The van der Waals surface area contributed by atoms with Crippen LogP contribution in [0.3, 0.4) is 0 Å².